The molecule has 0 bridgehead atoms. The van der Waals surface area contributed by atoms with Crippen molar-refractivity contribution in [1.29, 1.82) is 0 Å². The van der Waals surface area contributed by atoms with Crippen molar-refractivity contribution in [2.75, 3.05) is 12.4 Å². The maximum Gasteiger partial charge on any atom is 0.260 e. The van der Waals surface area contributed by atoms with Crippen LogP contribution in [0.1, 0.15) is 17.0 Å². The van der Waals surface area contributed by atoms with Crippen molar-refractivity contribution >= 4 is 17.7 Å². The summed E-state index contributed by atoms with van der Waals surface area (Å²) < 4.78 is 10.6. The van der Waals surface area contributed by atoms with Gasteiger partial charge in [0, 0.05) is 12.5 Å². The molecule has 0 spiro atoms. The molecule has 0 aliphatic heterocycles. The molecule has 1 amide bonds. The Morgan fingerprint density at radius 2 is 1.74 bits per heavy atom. The predicted molar refractivity (Wildman–Crippen MR) is 120 cm³/mol. The molecule has 0 unspecified atom stereocenters. The van der Waals surface area contributed by atoms with E-state index >= 15 is 0 Å². The van der Waals surface area contributed by atoms with Crippen LogP contribution in [-0.2, 0) is 11.2 Å². The van der Waals surface area contributed by atoms with Crippen LogP contribution in [-0.4, -0.2) is 23.2 Å². The molecule has 4 rings (SSSR count). The molecule has 1 aromatic heterocycles. The molecule has 154 valence electrons. The summed E-state index contributed by atoms with van der Waals surface area (Å²) in [6, 6.07) is 24.7. The van der Waals surface area contributed by atoms with Crippen LogP contribution in [0.15, 0.2) is 89.5 Å². The van der Waals surface area contributed by atoms with E-state index in [1.54, 1.807) is 19.3 Å². The largest absolute Gasteiger partial charge is 0.497 e. The SMILES string of the molecule is COc1ccc(/C=C/C(=O)Nc2ccccc2-c2nc(Cc3ccccc3)no2)cc1. The number of hydrogen-bond donors (Lipinski definition) is 1. The van der Waals surface area contributed by atoms with Crippen LogP contribution in [0.5, 0.6) is 5.75 Å². The first-order chi connectivity index (χ1) is 15.2. The maximum absolute atomic E-state index is 12.4. The summed E-state index contributed by atoms with van der Waals surface area (Å²) in [6.45, 7) is 0. The number of anilines is 1. The smallest absolute Gasteiger partial charge is 0.260 e. The quantitative estimate of drug-likeness (QED) is 0.434. The summed E-state index contributed by atoms with van der Waals surface area (Å²) >= 11 is 0. The third kappa shape index (κ3) is 5.25. The first kappa shape index (κ1) is 20.1. The zero-order valence-electron chi connectivity index (χ0n) is 17.0. The molecule has 1 heterocycles. The fraction of sp³-hybridized carbons (Fsp3) is 0.0800. The number of carbonyl (C=O) groups is 1. The second-order valence-corrected chi connectivity index (χ2v) is 6.82. The van der Waals surface area contributed by atoms with Crippen molar-refractivity contribution in [3.8, 4) is 17.2 Å². The lowest BCUT2D eigenvalue weighted by Crippen LogP contribution is -2.08. The summed E-state index contributed by atoms with van der Waals surface area (Å²) in [4.78, 5) is 16.9. The molecule has 1 N–H and O–H groups in total. The number of methoxy groups -OCH3 is 1. The van der Waals surface area contributed by atoms with Gasteiger partial charge in [0.1, 0.15) is 5.75 Å². The van der Waals surface area contributed by atoms with Crippen LogP contribution in [0.3, 0.4) is 0 Å². The number of nitrogens with one attached hydrogen (secondary N) is 1. The van der Waals surface area contributed by atoms with E-state index in [9.17, 15) is 4.79 Å². The highest BCUT2D eigenvalue weighted by atomic mass is 16.5. The van der Waals surface area contributed by atoms with E-state index < -0.39 is 0 Å². The van der Waals surface area contributed by atoms with Gasteiger partial charge in [-0.1, -0.05) is 59.8 Å². The topological polar surface area (TPSA) is 77.2 Å². The Hall–Kier alpha value is -4.19. The van der Waals surface area contributed by atoms with Gasteiger partial charge < -0.3 is 14.6 Å². The molecule has 0 fully saturated rings. The van der Waals surface area contributed by atoms with Crippen LogP contribution in [0.4, 0.5) is 5.69 Å². The number of carbonyl (C=O) groups excluding carboxylic acids is 1. The van der Waals surface area contributed by atoms with E-state index in [4.69, 9.17) is 9.26 Å². The highest BCUT2D eigenvalue weighted by Crippen LogP contribution is 2.27. The van der Waals surface area contributed by atoms with Crippen LogP contribution in [0.25, 0.3) is 17.5 Å². The molecular weight excluding hydrogens is 390 g/mol. The van der Waals surface area contributed by atoms with Gasteiger partial charge in [-0.15, -0.1) is 0 Å². The minimum Gasteiger partial charge on any atom is -0.497 e. The van der Waals surface area contributed by atoms with Crippen molar-refractivity contribution in [2.24, 2.45) is 0 Å². The number of para-hydroxylation sites is 1. The minimum atomic E-state index is -0.257. The van der Waals surface area contributed by atoms with Gasteiger partial charge >= 0.3 is 0 Å². The molecule has 4 aromatic rings. The highest BCUT2D eigenvalue weighted by Gasteiger charge is 2.14. The fourth-order valence-corrected chi connectivity index (χ4v) is 3.05. The lowest BCUT2D eigenvalue weighted by molar-refractivity contribution is -0.111. The minimum absolute atomic E-state index is 0.257. The van der Waals surface area contributed by atoms with Gasteiger partial charge in [0.15, 0.2) is 5.82 Å². The average Bonchev–Trinajstić information content (AvgIpc) is 3.27. The third-order valence-corrected chi connectivity index (χ3v) is 4.63. The molecule has 31 heavy (non-hydrogen) atoms. The summed E-state index contributed by atoms with van der Waals surface area (Å²) in [7, 11) is 1.61. The number of aromatic nitrogens is 2. The summed E-state index contributed by atoms with van der Waals surface area (Å²) in [5.41, 5.74) is 3.26. The number of rotatable bonds is 7. The van der Waals surface area contributed by atoms with Gasteiger partial charge in [-0.05, 0) is 41.5 Å². The fourth-order valence-electron chi connectivity index (χ4n) is 3.05. The van der Waals surface area contributed by atoms with Gasteiger partial charge in [-0.25, -0.2) is 0 Å². The monoisotopic (exact) mass is 411 g/mol. The van der Waals surface area contributed by atoms with Crippen molar-refractivity contribution in [3.05, 3.63) is 102 Å². The Morgan fingerprint density at radius 1 is 1.00 bits per heavy atom. The van der Waals surface area contributed by atoms with Crippen molar-refractivity contribution < 1.29 is 14.1 Å². The Kier molecular flexibility index (Phi) is 6.18. The van der Waals surface area contributed by atoms with Crippen molar-refractivity contribution in [3.63, 3.8) is 0 Å². The average molecular weight is 411 g/mol. The molecule has 0 aliphatic carbocycles. The first-order valence-electron chi connectivity index (χ1n) is 9.80. The number of nitrogens with zero attached hydrogens (tertiary/aromatic N) is 2. The maximum atomic E-state index is 12.4. The number of hydrogen-bond acceptors (Lipinski definition) is 5. The van der Waals surface area contributed by atoms with Crippen molar-refractivity contribution in [1.82, 2.24) is 10.1 Å². The summed E-state index contributed by atoms with van der Waals surface area (Å²) in [5, 5.41) is 6.96. The molecule has 0 atom stereocenters. The van der Waals surface area contributed by atoms with E-state index in [0.717, 1.165) is 16.9 Å². The van der Waals surface area contributed by atoms with E-state index in [-0.39, 0.29) is 5.91 Å². The second-order valence-electron chi connectivity index (χ2n) is 6.82. The third-order valence-electron chi connectivity index (χ3n) is 4.63. The molecule has 6 heteroatoms. The molecule has 6 nitrogen and oxygen atoms in total. The van der Waals surface area contributed by atoms with E-state index in [0.29, 0.717) is 29.4 Å². The molecule has 0 aliphatic rings. The van der Waals surface area contributed by atoms with E-state index in [1.807, 2.05) is 72.8 Å². The van der Waals surface area contributed by atoms with Gasteiger partial charge in [0.05, 0.1) is 18.4 Å². The zero-order valence-corrected chi connectivity index (χ0v) is 17.0. The normalized spacial score (nSPS) is 10.9. The standard InChI is InChI=1S/C25H21N3O3/c1-30-20-14-11-18(12-15-20)13-16-24(29)26-22-10-6-5-9-21(22)25-27-23(28-31-25)17-19-7-3-2-4-8-19/h2-16H,17H2,1H3,(H,26,29)/b16-13+. The van der Waals surface area contributed by atoms with Gasteiger partial charge in [-0.2, -0.15) is 4.98 Å². The van der Waals surface area contributed by atoms with Gasteiger partial charge in [0.2, 0.25) is 5.91 Å². The van der Waals surface area contributed by atoms with E-state index in [2.05, 4.69) is 15.5 Å². The van der Waals surface area contributed by atoms with E-state index in [1.165, 1.54) is 6.08 Å². The van der Waals surface area contributed by atoms with Gasteiger partial charge in [-0.3, -0.25) is 4.79 Å². The number of amides is 1. The molecule has 0 saturated carbocycles. The number of ether oxygens (including phenoxy) is 1. The molecular formula is C25H21N3O3. The van der Waals surface area contributed by atoms with Crippen LogP contribution < -0.4 is 10.1 Å². The Balaban J connectivity index is 1.47. The Morgan fingerprint density at radius 3 is 2.52 bits per heavy atom. The molecule has 0 saturated heterocycles. The van der Waals surface area contributed by atoms with Crippen LogP contribution in [0, 0.1) is 0 Å². The predicted octanol–water partition coefficient (Wildman–Crippen LogP) is 4.99. The number of benzene rings is 3. The van der Waals surface area contributed by atoms with Crippen LogP contribution in [0.2, 0.25) is 0 Å². The summed E-state index contributed by atoms with van der Waals surface area (Å²) in [6.07, 6.45) is 3.79. The lowest BCUT2D eigenvalue weighted by Gasteiger charge is -2.06. The van der Waals surface area contributed by atoms with Crippen molar-refractivity contribution in [2.45, 2.75) is 6.42 Å². The van der Waals surface area contributed by atoms with Crippen LogP contribution >= 0.6 is 0 Å². The summed E-state index contributed by atoms with van der Waals surface area (Å²) in [5.74, 6) is 1.46. The van der Waals surface area contributed by atoms with Gasteiger partial charge in [0.25, 0.3) is 5.89 Å². The zero-order chi connectivity index (χ0) is 21.5. The highest BCUT2D eigenvalue weighted by molar-refractivity contribution is 6.03. The Labute approximate surface area is 180 Å². The second kappa shape index (κ2) is 9.54. The molecule has 3 aromatic carbocycles. The first-order valence-corrected chi connectivity index (χ1v) is 9.80. The molecule has 0 radical (unpaired) electrons. The lowest BCUT2D eigenvalue weighted by atomic mass is 10.1. The Bertz CT molecular complexity index is 1180.